The average Bonchev–Trinajstić information content (AvgIpc) is 2.38. The fourth-order valence-corrected chi connectivity index (χ4v) is 0.499. The van der Waals surface area contributed by atoms with Gasteiger partial charge in [0.25, 0.3) is 0 Å². The van der Waals surface area contributed by atoms with Gasteiger partial charge in [0.15, 0.2) is 5.82 Å². The quantitative estimate of drug-likeness (QED) is 0.520. The van der Waals surface area contributed by atoms with Crippen LogP contribution in [0.1, 0.15) is 0 Å². The van der Waals surface area contributed by atoms with Gasteiger partial charge in [-0.2, -0.15) is 0 Å². The molecule has 0 aromatic carbocycles. The van der Waals surface area contributed by atoms with Crippen molar-refractivity contribution in [2.75, 3.05) is 10.7 Å². The number of anilines is 1. The fourth-order valence-electron chi connectivity index (χ4n) is 0.499. The average molecular weight is 155 g/mol. The van der Waals surface area contributed by atoms with Crippen molar-refractivity contribution >= 4 is 18.6 Å². The first-order chi connectivity index (χ1) is 5.36. The first kappa shape index (κ1) is 7.19. The Morgan fingerprint density at radius 3 is 2.91 bits per heavy atom. The Morgan fingerprint density at radius 2 is 2.27 bits per heavy atom. The topological polar surface area (TPSA) is 88.9 Å². The molecular formula is C4H5N5O2. The summed E-state index contributed by atoms with van der Waals surface area (Å²) >= 11 is 0. The van der Waals surface area contributed by atoms with Crippen molar-refractivity contribution in [2.24, 2.45) is 0 Å². The van der Waals surface area contributed by atoms with Crippen LogP contribution in [0.3, 0.4) is 0 Å². The molecule has 0 aliphatic rings. The molecule has 0 atom stereocenters. The van der Waals surface area contributed by atoms with Gasteiger partial charge in [-0.3, -0.25) is 9.59 Å². The summed E-state index contributed by atoms with van der Waals surface area (Å²) in [7, 11) is 0. The lowest BCUT2D eigenvalue weighted by Crippen LogP contribution is -2.15. The number of carbonyl (C=O) groups excluding carboxylic acids is 2. The van der Waals surface area contributed by atoms with Gasteiger partial charge in [0.1, 0.15) is 0 Å². The van der Waals surface area contributed by atoms with E-state index in [9.17, 15) is 9.59 Å². The van der Waals surface area contributed by atoms with Crippen LogP contribution >= 0.6 is 0 Å². The maximum atomic E-state index is 9.86. The van der Waals surface area contributed by atoms with Crippen LogP contribution in [0.2, 0.25) is 0 Å². The van der Waals surface area contributed by atoms with E-state index in [1.54, 1.807) is 0 Å². The Kier molecular flexibility index (Phi) is 2.16. The fraction of sp³-hybridized carbons (Fsp3) is 0. The van der Waals surface area contributed by atoms with Crippen LogP contribution in [0.5, 0.6) is 0 Å². The molecule has 7 heteroatoms. The molecule has 11 heavy (non-hydrogen) atoms. The Balaban J connectivity index is 2.64. The van der Waals surface area contributed by atoms with E-state index in [-0.39, 0.29) is 5.82 Å². The van der Waals surface area contributed by atoms with E-state index in [1.165, 1.54) is 6.20 Å². The summed E-state index contributed by atoms with van der Waals surface area (Å²) in [6.07, 6.45) is 2.19. The summed E-state index contributed by atoms with van der Waals surface area (Å²) in [5.74, 6) is 0.273. The zero-order chi connectivity index (χ0) is 8.10. The molecule has 0 fully saturated rings. The van der Waals surface area contributed by atoms with Gasteiger partial charge >= 0.3 is 0 Å². The molecule has 1 heterocycles. The third-order valence-electron chi connectivity index (χ3n) is 0.867. The number of carbonyl (C=O) groups is 2. The predicted molar refractivity (Wildman–Crippen MR) is 35.1 cm³/mol. The van der Waals surface area contributed by atoms with Crippen molar-refractivity contribution in [3.63, 3.8) is 0 Å². The zero-order valence-electron chi connectivity index (χ0n) is 5.39. The molecule has 0 bridgehead atoms. The van der Waals surface area contributed by atoms with Crippen LogP contribution in [-0.4, -0.2) is 27.9 Å². The third kappa shape index (κ3) is 1.75. The second-order valence-corrected chi connectivity index (χ2v) is 1.53. The third-order valence-corrected chi connectivity index (χ3v) is 0.867. The van der Waals surface area contributed by atoms with E-state index in [0.29, 0.717) is 12.8 Å². The predicted octanol–water partition coefficient (Wildman–Crippen LogP) is -1.45. The van der Waals surface area contributed by atoms with Crippen LogP contribution in [0.4, 0.5) is 5.82 Å². The molecule has 0 saturated heterocycles. The molecule has 0 saturated carbocycles. The van der Waals surface area contributed by atoms with E-state index in [2.05, 4.69) is 20.9 Å². The molecular weight excluding hydrogens is 150 g/mol. The van der Waals surface area contributed by atoms with E-state index in [0.717, 1.165) is 4.91 Å². The van der Waals surface area contributed by atoms with Crippen LogP contribution < -0.4 is 10.7 Å². The first-order valence-electron chi connectivity index (χ1n) is 2.69. The molecule has 1 rings (SSSR count). The van der Waals surface area contributed by atoms with Gasteiger partial charge in [-0.25, -0.2) is 5.43 Å². The van der Waals surface area contributed by atoms with Crippen LogP contribution in [0, 0.1) is 0 Å². The molecule has 0 aliphatic carbocycles. The molecule has 7 nitrogen and oxygen atoms in total. The smallest absolute Gasteiger partial charge is 0.228 e. The van der Waals surface area contributed by atoms with Gasteiger partial charge in [0.05, 0.1) is 6.20 Å². The van der Waals surface area contributed by atoms with Crippen molar-refractivity contribution in [1.82, 2.24) is 15.1 Å². The van der Waals surface area contributed by atoms with Crippen molar-refractivity contribution in [3.8, 4) is 0 Å². The highest BCUT2D eigenvalue weighted by Crippen LogP contribution is 1.93. The van der Waals surface area contributed by atoms with Crippen molar-refractivity contribution in [2.45, 2.75) is 0 Å². The Hall–Kier alpha value is -1.92. The number of hydrogen-bond donors (Lipinski definition) is 2. The molecule has 2 amide bonds. The second kappa shape index (κ2) is 3.30. The molecule has 0 spiro atoms. The van der Waals surface area contributed by atoms with Crippen molar-refractivity contribution in [1.29, 1.82) is 0 Å². The molecule has 0 radical (unpaired) electrons. The minimum Gasteiger partial charge on any atom is -0.310 e. The standard InChI is InChI=1S/C4H5N5O2/c10-2-5-4-1-6-9(8-4)7-3-11/h1-3H,(H,7,11)(H,5,8,10). The molecule has 2 N–H and O–H groups in total. The lowest BCUT2D eigenvalue weighted by molar-refractivity contribution is -0.106. The molecule has 58 valence electrons. The Bertz CT molecular complexity index is 232. The normalized spacial score (nSPS) is 8.73. The highest BCUT2D eigenvalue weighted by molar-refractivity contribution is 5.67. The maximum Gasteiger partial charge on any atom is 0.228 e. The number of nitrogens with one attached hydrogen (secondary N) is 2. The zero-order valence-corrected chi connectivity index (χ0v) is 5.39. The van der Waals surface area contributed by atoms with Crippen molar-refractivity contribution < 1.29 is 9.59 Å². The summed E-state index contributed by atoms with van der Waals surface area (Å²) in [6, 6.07) is 0. The summed E-state index contributed by atoms with van der Waals surface area (Å²) in [6.45, 7) is 0. The summed E-state index contributed by atoms with van der Waals surface area (Å²) in [4.78, 5) is 20.6. The monoisotopic (exact) mass is 155 g/mol. The summed E-state index contributed by atoms with van der Waals surface area (Å²) in [5, 5.41) is 9.43. The molecule has 0 aliphatic heterocycles. The highest BCUT2D eigenvalue weighted by atomic mass is 16.1. The number of rotatable bonds is 4. The first-order valence-corrected chi connectivity index (χ1v) is 2.69. The lowest BCUT2D eigenvalue weighted by atomic mass is 10.8. The van der Waals surface area contributed by atoms with Crippen LogP contribution in [-0.2, 0) is 9.59 Å². The van der Waals surface area contributed by atoms with Crippen LogP contribution in [0.25, 0.3) is 0 Å². The summed E-state index contributed by atoms with van der Waals surface area (Å²) < 4.78 is 0. The van der Waals surface area contributed by atoms with Gasteiger partial charge in [0, 0.05) is 0 Å². The number of aromatic nitrogens is 3. The van der Waals surface area contributed by atoms with Crippen LogP contribution in [0.15, 0.2) is 6.20 Å². The van der Waals surface area contributed by atoms with Crippen molar-refractivity contribution in [3.05, 3.63) is 6.20 Å². The van der Waals surface area contributed by atoms with Gasteiger partial charge in [-0.1, -0.05) is 4.91 Å². The van der Waals surface area contributed by atoms with Gasteiger partial charge < -0.3 is 5.32 Å². The van der Waals surface area contributed by atoms with Gasteiger partial charge in [-0.15, -0.1) is 10.2 Å². The van der Waals surface area contributed by atoms with E-state index >= 15 is 0 Å². The lowest BCUT2D eigenvalue weighted by Gasteiger charge is -1.90. The second-order valence-electron chi connectivity index (χ2n) is 1.53. The molecule has 0 unspecified atom stereocenters. The minimum atomic E-state index is 0.273. The maximum absolute atomic E-state index is 9.86. The Labute approximate surface area is 61.3 Å². The largest absolute Gasteiger partial charge is 0.310 e. The van der Waals surface area contributed by atoms with Gasteiger partial charge in [-0.05, 0) is 0 Å². The number of hydrogen-bond acceptors (Lipinski definition) is 4. The number of amides is 2. The minimum absolute atomic E-state index is 0.273. The SMILES string of the molecule is O=CNc1cnn(NC=O)n1. The molecule has 1 aromatic rings. The molecule has 1 aromatic heterocycles. The van der Waals surface area contributed by atoms with Gasteiger partial charge in [0.2, 0.25) is 12.8 Å². The number of nitrogens with zero attached hydrogens (tertiary/aromatic N) is 3. The Morgan fingerprint density at radius 1 is 1.45 bits per heavy atom. The summed E-state index contributed by atoms with van der Waals surface area (Å²) in [5.41, 5.74) is 2.14. The van der Waals surface area contributed by atoms with E-state index in [4.69, 9.17) is 0 Å². The van der Waals surface area contributed by atoms with E-state index in [1.807, 2.05) is 0 Å². The van der Waals surface area contributed by atoms with E-state index < -0.39 is 0 Å². The highest BCUT2D eigenvalue weighted by Gasteiger charge is 1.95.